The number of hydrogen-bond acceptors (Lipinski definition) is 5. The third kappa shape index (κ3) is 5.02. The second-order valence-corrected chi connectivity index (χ2v) is 5.30. The van der Waals surface area contributed by atoms with Crippen LogP contribution in [0.4, 0.5) is 5.95 Å². The largest absolute Gasteiger partial charge is 0.348 e. The van der Waals surface area contributed by atoms with Gasteiger partial charge in [0.2, 0.25) is 5.95 Å². The molecule has 2 aromatic heterocycles. The Morgan fingerprint density at radius 2 is 1.83 bits per heavy atom. The Hall–Kier alpha value is -2.50. The van der Waals surface area contributed by atoms with Crippen LogP contribution in [-0.4, -0.2) is 33.9 Å². The Morgan fingerprint density at radius 1 is 1.13 bits per heavy atom. The van der Waals surface area contributed by atoms with Gasteiger partial charge in [-0.3, -0.25) is 9.78 Å². The number of amides is 1. The van der Waals surface area contributed by atoms with Crippen molar-refractivity contribution in [3.63, 3.8) is 0 Å². The van der Waals surface area contributed by atoms with Gasteiger partial charge in [-0.1, -0.05) is 19.9 Å². The van der Waals surface area contributed by atoms with Gasteiger partial charge in [0.05, 0.1) is 5.56 Å². The highest BCUT2D eigenvalue weighted by molar-refractivity contribution is 5.93. The molecule has 1 amide bonds. The summed E-state index contributed by atoms with van der Waals surface area (Å²) in [4.78, 5) is 26.9. The average Bonchev–Trinajstić information content (AvgIpc) is 2.60. The lowest BCUT2D eigenvalue weighted by atomic mass is 10.2. The molecular formula is C17H23N5O. The van der Waals surface area contributed by atoms with Crippen LogP contribution in [0.1, 0.15) is 42.6 Å². The fourth-order valence-electron chi connectivity index (χ4n) is 2.24. The third-order valence-corrected chi connectivity index (χ3v) is 3.35. The van der Waals surface area contributed by atoms with Gasteiger partial charge in [0.15, 0.2) is 0 Å². The molecule has 0 saturated heterocycles. The molecule has 23 heavy (non-hydrogen) atoms. The van der Waals surface area contributed by atoms with E-state index in [1.165, 1.54) is 0 Å². The number of hydrogen-bond donors (Lipinski definition) is 1. The second kappa shape index (κ2) is 8.82. The van der Waals surface area contributed by atoms with Gasteiger partial charge in [-0.25, -0.2) is 9.97 Å². The van der Waals surface area contributed by atoms with Crippen molar-refractivity contribution in [1.29, 1.82) is 0 Å². The number of anilines is 1. The molecule has 0 unspecified atom stereocenters. The smallest absolute Gasteiger partial charge is 0.254 e. The van der Waals surface area contributed by atoms with Gasteiger partial charge in [0.25, 0.3) is 5.91 Å². The van der Waals surface area contributed by atoms with Gasteiger partial charge in [-0.15, -0.1) is 0 Å². The van der Waals surface area contributed by atoms with E-state index in [9.17, 15) is 4.79 Å². The minimum atomic E-state index is -0.182. The zero-order valence-electron chi connectivity index (χ0n) is 13.7. The SMILES string of the molecule is CCCN(CCC)c1ncc(C(=O)NCc2cccnc2)cn1. The Bertz CT molecular complexity index is 594. The van der Waals surface area contributed by atoms with Crippen molar-refractivity contribution in [2.45, 2.75) is 33.2 Å². The number of nitrogens with one attached hydrogen (secondary N) is 1. The van der Waals surface area contributed by atoms with E-state index in [4.69, 9.17) is 0 Å². The molecule has 0 saturated carbocycles. The maximum Gasteiger partial charge on any atom is 0.254 e. The molecule has 0 fully saturated rings. The lowest BCUT2D eigenvalue weighted by molar-refractivity contribution is 0.0950. The van der Waals surface area contributed by atoms with E-state index in [2.05, 4.69) is 39.0 Å². The third-order valence-electron chi connectivity index (χ3n) is 3.35. The minimum Gasteiger partial charge on any atom is -0.348 e. The first-order valence-corrected chi connectivity index (χ1v) is 7.98. The number of aromatic nitrogens is 3. The molecule has 0 atom stereocenters. The molecule has 0 aromatic carbocycles. The average molecular weight is 313 g/mol. The lowest BCUT2D eigenvalue weighted by Gasteiger charge is -2.21. The van der Waals surface area contributed by atoms with Gasteiger partial charge in [0.1, 0.15) is 0 Å². The van der Waals surface area contributed by atoms with Gasteiger partial charge in [-0.2, -0.15) is 0 Å². The van der Waals surface area contributed by atoms with Crippen LogP contribution in [0.2, 0.25) is 0 Å². The fraction of sp³-hybridized carbons (Fsp3) is 0.412. The predicted molar refractivity (Wildman–Crippen MR) is 90.2 cm³/mol. The zero-order valence-corrected chi connectivity index (χ0v) is 13.7. The predicted octanol–water partition coefficient (Wildman–Crippen LogP) is 2.43. The van der Waals surface area contributed by atoms with Crippen LogP contribution in [0.3, 0.4) is 0 Å². The molecule has 122 valence electrons. The van der Waals surface area contributed by atoms with E-state index >= 15 is 0 Å². The summed E-state index contributed by atoms with van der Waals surface area (Å²) < 4.78 is 0. The summed E-state index contributed by atoms with van der Waals surface area (Å²) >= 11 is 0. The first-order valence-electron chi connectivity index (χ1n) is 7.98. The normalized spacial score (nSPS) is 10.3. The van der Waals surface area contributed by atoms with Crippen molar-refractivity contribution in [2.24, 2.45) is 0 Å². The Labute approximate surface area is 137 Å². The number of pyridine rings is 1. The molecule has 6 heteroatoms. The summed E-state index contributed by atoms with van der Waals surface area (Å²) in [6.45, 7) is 6.53. The van der Waals surface area contributed by atoms with E-state index in [-0.39, 0.29) is 5.91 Å². The van der Waals surface area contributed by atoms with Crippen molar-refractivity contribution >= 4 is 11.9 Å². The summed E-state index contributed by atoms with van der Waals surface area (Å²) in [5, 5.41) is 2.84. The Morgan fingerprint density at radius 3 is 2.39 bits per heavy atom. The summed E-state index contributed by atoms with van der Waals surface area (Å²) in [5.74, 6) is 0.496. The van der Waals surface area contributed by atoms with Crippen molar-refractivity contribution in [1.82, 2.24) is 20.3 Å². The van der Waals surface area contributed by atoms with Crippen LogP contribution >= 0.6 is 0 Å². The Balaban J connectivity index is 1.96. The monoisotopic (exact) mass is 313 g/mol. The summed E-state index contributed by atoms with van der Waals surface area (Å²) in [6.07, 6.45) is 8.68. The van der Waals surface area contributed by atoms with Crippen molar-refractivity contribution in [3.05, 3.63) is 48.0 Å². The summed E-state index contributed by atoms with van der Waals surface area (Å²) in [6, 6.07) is 3.76. The molecule has 2 rings (SSSR count). The molecular weight excluding hydrogens is 290 g/mol. The van der Waals surface area contributed by atoms with E-state index in [0.717, 1.165) is 31.5 Å². The molecule has 0 aliphatic carbocycles. The number of rotatable bonds is 8. The summed E-state index contributed by atoms with van der Waals surface area (Å²) in [7, 11) is 0. The van der Waals surface area contributed by atoms with Crippen LogP contribution in [-0.2, 0) is 6.54 Å². The van der Waals surface area contributed by atoms with E-state index in [0.29, 0.717) is 18.1 Å². The maximum absolute atomic E-state index is 12.1. The van der Waals surface area contributed by atoms with Crippen molar-refractivity contribution in [2.75, 3.05) is 18.0 Å². The van der Waals surface area contributed by atoms with Crippen LogP contribution in [0.15, 0.2) is 36.9 Å². The van der Waals surface area contributed by atoms with E-state index < -0.39 is 0 Å². The molecule has 0 spiro atoms. The van der Waals surface area contributed by atoms with Crippen LogP contribution < -0.4 is 10.2 Å². The van der Waals surface area contributed by atoms with Crippen LogP contribution in [0, 0.1) is 0 Å². The fourth-order valence-corrected chi connectivity index (χ4v) is 2.24. The molecule has 2 aromatic rings. The topological polar surface area (TPSA) is 71.0 Å². The molecule has 0 aliphatic rings. The van der Waals surface area contributed by atoms with Gasteiger partial charge in [0, 0.05) is 44.4 Å². The van der Waals surface area contributed by atoms with Gasteiger partial charge >= 0.3 is 0 Å². The highest BCUT2D eigenvalue weighted by atomic mass is 16.1. The van der Waals surface area contributed by atoms with Crippen LogP contribution in [0.25, 0.3) is 0 Å². The number of nitrogens with zero attached hydrogens (tertiary/aromatic N) is 4. The number of carbonyl (C=O) groups excluding carboxylic acids is 1. The van der Waals surface area contributed by atoms with Crippen molar-refractivity contribution in [3.8, 4) is 0 Å². The zero-order chi connectivity index (χ0) is 16.5. The maximum atomic E-state index is 12.1. The van der Waals surface area contributed by atoms with Gasteiger partial charge in [-0.05, 0) is 24.5 Å². The Kier molecular flexibility index (Phi) is 6.47. The highest BCUT2D eigenvalue weighted by Gasteiger charge is 2.10. The second-order valence-electron chi connectivity index (χ2n) is 5.30. The van der Waals surface area contributed by atoms with E-state index in [1.54, 1.807) is 24.8 Å². The molecule has 0 aliphatic heterocycles. The molecule has 2 heterocycles. The first-order chi connectivity index (χ1) is 11.2. The first kappa shape index (κ1) is 16.9. The number of carbonyl (C=O) groups is 1. The van der Waals surface area contributed by atoms with Crippen molar-refractivity contribution < 1.29 is 4.79 Å². The summed E-state index contributed by atoms with van der Waals surface area (Å²) in [5.41, 5.74) is 1.42. The molecule has 1 N–H and O–H groups in total. The molecule has 6 nitrogen and oxygen atoms in total. The lowest BCUT2D eigenvalue weighted by Crippen LogP contribution is -2.28. The van der Waals surface area contributed by atoms with Gasteiger partial charge < -0.3 is 10.2 Å². The van der Waals surface area contributed by atoms with E-state index in [1.807, 2.05) is 12.1 Å². The highest BCUT2D eigenvalue weighted by Crippen LogP contribution is 2.09. The van der Waals surface area contributed by atoms with Crippen LogP contribution in [0.5, 0.6) is 0 Å². The quantitative estimate of drug-likeness (QED) is 0.810. The minimum absolute atomic E-state index is 0.182. The molecule has 0 radical (unpaired) electrons. The standard InChI is InChI=1S/C17H23N5O/c1-3-8-22(9-4-2)17-20-12-15(13-21-17)16(23)19-11-14-6-5-7-18-10-14/h5-7,10,12-13H,3-4,8-9,11H2,1-2H3,(H,19,23). The molecule has 0 bridgehead atoms.